The Bertz CT molecular complexity index is 1230. The number of hydrogen-bond acceptors (Lipinski definition) is 5. The van der Waals surface area contributed by atoms with E-state index in [-0.39, 0.29) is 29.9 Å². The van der Waals surface area contributed by atoms with E-state index in [2.05, 4.69) is 26.6 Å². The first kappa shape index (κ1) is 16.6. The van der Waals surface area contributed by atoms with Crippen LogP contribution < -0.4 is 11.0 Å². The first-order chi connectivity index (χ1) is 13.7. The van der Waals surface area contributed by atoms with Crippen LogP contribution in [-0.4, -0.2) is 26.8 Å². The Hall–Kier alpha value is -3.61. The van der Waals surface area contributed by atoms with Gasteiger partial charge in [-0.25, -0.2) is 14.4 Å². The molecule has 0 amide bonds. The van der Waals surface area contributed by atoms with Crippen LogP contribution in [0.5, 0.6) is 0 Å². The number of allylic oxidation sites excluding steroid dienone is 2. The topological polar surface area (TPSA) is 72.2 Å². The van der Waals surface area contributed by atoms with E-state index in [0.29, 0.717) is 16.6 Å². The summed E-state index contributed by atoms with van der Waals surface area (Å²) in [6.45, 7) is 0.110. The molecule has 5 rings (SSSR count). The van der Waals surface area contributed by atoms with E-state index in [0.717, 1.165) is 11.1 Å². The van der Waals surface area contributed by atoms with E-state index in [1.54, 1.807) is 24.4 Å². The number of rotatable bonds is 3. The van der Waals surface area contributed by atoms with E-state index in [4.69, 9.17) is 0 Å². The van der Waals surface area contributed by atoms with Gasteiger partial charge in [0, 0.05) is 23.9 Å². The fourth-order valence-electron chi connectivity index (χ4n) is 3.52. The summed E-state index contributed by atoms with van der Waals surface area (Å²) in [5, 5.41) is 4.49. The molecule has 2 unspecified atom stereocenters. The predicted molar refractivity (Wildman–Crippen MR) is 105 cm³/mol. The molecule has 7 heteroatoms. The highest BCUT2D eigenvalue weighted by Gasteiger charge is 2.23. The molecule has 6 nitrogen and oxygen atoms in total. The average molecular weight is 373 g/mol. The monoisotopic (exact) mass is 373 g/mol. The Labute approximate surface area is 159 Å². The van der Waals surface area contributed by atoms with Gasteiger partial charge >= 0.3 is 0 Å². The molecule has 1 aliphatic heterocycles. The van der Waals surface area contributed by atoms with Crippen LogP contribution in [0.4, 0.5) is 4.39 Å². The molecule has 0 spiro atoms. The molecule has 0 fully saturated rings. The summed E-state index contributed by atoms with van der Waals surface area (Å²) in [7, 11) is 0. The van der Waals surface area contributed by atoms with E-state index < -0.39 is 0 Å². The molecular formula is C21H16FN5O. The van der Waals surface area contributed by atoms with Crippen LogP contribution in [0.15, 0.2) is 71.0 Å². The molecule has 28 heavy (non-hydrogen) atoms. The van der Waals surface area contributed by atoms with Gasteiger partial charge in [0.05, 0.1) is 18.0 Å². The van der Waals surface area contributed by atoms with E-state index in [1.165, 1.54) is 17.0 Å². The summed E-state index contributed by atoms with van der Waals surface area (Å²) in [5.41, 5.74) is 5.35. The van der Waals surface area contributed by atoms with Gasteiger partial charge in [0.1, 0.15) is 12.1 Å². The predicted octanol–water partition coefficient (Wildman–Crippen LogP) is 2.51. The van der Waals surface area contributed by atoms with Crippen molar-refractivity contribution in [2.45, 2.75) is 12.6 Å². The molecule has 0 saturated heterocycles. The van der Waals surface area contributed by atoms with E-state index in [9.17, 15) is 9.18 Å². The van der Waals surface area contributed by atoms with Crippen molar-refractivity contribution in [3.05, 3.63) is 88.4 Å². The third kappa shape index (κ3) is 2.81. The van der Waals surface area contributed by atoms with Gasteiger partial charge in [0.15, 0.2) is 5.65 Å². The van der Waals surface area contributed by atoms with Gasteiger partial charge in [0.2, 0.25) is 0 Å². The van der Waals surface area contributed by atoms with Crippen molar-refractivity contribution in [3.8, 4) is 0 Å². The smallest absolute Gasteiger partial charge is 0.263 e. The second kappa shape index (κ2) is 6.53. The molecule has 0 bridgehead atoms. The third-order valence-corrected chi connectivity index (χ3v) is 5.06. The largest absolute Gasteiger partial charge is 0.302 e. The van der Waals surface area contributed by atoms with Crippen molar-refractivity contribution in [3.63, 3.8) is 0 Å². The van der Waals surface area contributed by atoms with Crippen LogP contribution in [-0.2, 0) is 6.54 Å². The van der Waals surface area contributed by atoms with Crippen LogP contribution in [0.3, 0.4) is 0 Å². The first-order valence-electron chi connectivity index (χ1n) is 8.97. The number of benzene rings is 1. The Morgan fingerprint density at radius 2 is 2.14 bits per heavy atom. The molecule has 0 saturated carbocycles. The number of hydrogen-bond donors (Lipinski definition) is 1. The quantitative estimate of drug-likeness (QED) is 0.766. The van der Waals surface area contributed by atoms with Crippen molar-refractivity contribution in [2.75, 3.05) is 0 Å². The molecule has 3 aromatic rings. The number of fused-ring (bicyclic) bond motifs is 2. The van der Waals surface area contributed by atoms with Gasteiger partial charge in [-0.05, 0) is 29.3 Å². The molecule has 0 radical (unpaired) electrons. The molecule has 1 aliphatic carbocycles. The second-order valence-electron chi connectivity index (χ2n) is 6.85. The maximum atomic E-state index is 14.8. The Balaban J connectivity index is 1.45. The number of aromatic nitrogens is 3. The maximum absolute atomic E-state index is 14.8. The van der Waals surface area contributed by atoms with Gasteiger partial charge in [0.25, 0.3) is 5.56 Å². The highest BCUT2D eigenvalue weighted by atomic mass is 19.1. The lowest BCUT2D eigenvalue weighted by Gasteiger charge is -2.18. The van der Waals surface area contributed by atoms with Crippen molar-refractivity contribution < 1.29 is 4.39 Å². The minimum Gasteiger partial charge on any atom is -0.302 e. The molecular weight excluding hydrogens is 357 g/mol. The summed E-state index contributed by atoms with van der Waals surface area (Å²) in [6, 6.07) is 8.62. The Morgan fingerprint density at radius 3 is 3.04 bits per heavy atom. The summed E-state index contributed by atoms with van der Waals surface area (Å²) in [5.74, 6) is -0.177. The molecule has 138 valence electrons. The first-order valence-corrected chi connectivity index (χ1v) is 8.97. The van der Waals surface area contributed by atoms with Crippen molar-refractivity contribution >= 4 is 22.8 Å². The lowest BCUT2D eigenvalue weighted by Crippen LogP contribution is -2.25. The van der Waals surface area contributed by atoms with Crippen LogP contribution in [0.1, 0.15) is 11.1 Å². The van der Waals surface area contributed by atoms with Gasteiger partial charge in [-0.1, -0.05) is 30.4 Å². The summed E-state index contributed by atoms with van der Waals surface area (Å²) in [4.78, 5) is 20.8. The summed E-state index contributed by atoms with van der Waals surface area (Å²) >= 11 is 0. The standard InChI is InChI=1S/C21H16FN5O/c22-18-9-14(13-5-6-19-16(8-13)10-25-26-19)3-4-15(18)11-27-12-24-20-17(21(27)28)2-1-7-23-20/h1-10,12,16,19,26H,11H2. The van der Waals surface area contributed by atoms with E-state index >= 15 is 0 Å². The Kier molecular flexibility index (Phi) is 3.86. The zero-order chi connectivity index (χ0) is 19.1. The fourth-order valence-corrected chi connectivity index (χ4v) is 3.52. The minimum absolute atomic E-state index is 0.110. The average Bonchev–Trinajstić information content (AvgIpc) is 3.19. The third-order valence-electron chi connectivity index (χ3n) is 5.06. The molecule has 2 aliphatic rings. The lowest BCUT2D eigenvalue weighted by atomic mass is 9.90. The van der Waals surface area contributed by atoms with Gasteiger partial charge in [-0.2, -0.15) is 5.10 Å². The normalized spacial score (nSPS) is 20.1. The molecule has 1 aromatic carbocycles. The number of nitrogens with one attached hydrogen (secondary N) is 1. The SMILES string of the molecule is O=c1c2cccnc2ncn1Cc1ccc(C2=CC3C=NNC3C=C2)cc1F. The molecule has 3 heterocycles. The van der Waals surface area contributed by atoms with E-state index in [1.807, 2.05) is 24.4 Å². The lowest BCUT2D eigenvalue weighted by molar-refractivity contribution is 0.594. The van der Waals surface area contributed by atoms with Crippen LogP contribution >= 0.6 is 0 Å². The van der Waals surface area contributed by atoms with Crippen LogP contribution in [0, 0.1) is 11.7 Å². The zero-order valence-corrected chi connectivity index (χ0v) is 14.8. The molecule has 2 atom stereocenters. The van der Waals surface area contributed by atoms with Gasteiger partial charge in [-0.3, -0.25) is 9.36 Å². The number of hydrazone groups is 1. The zero-order valence-electron chi connectivity index (χ0n) is 14.8. The summed E-state index contributed by atoms with van der Waals surface area (Å²) < 4.78 is 16.2. The van der Waals surface area contributed by atoms with Gasteiger partial charge in [-0.15, -0.1) is 0 Å². The van der Waals surface area contributed by atoms with Gasteiger partial charge < -0.3 is 5.43 Å². The number of halogens is 1. The molecule has 1 N–H and O–H groups in total. The van der Waals surface area contributed by atoms with Crippen molar-refractivity contribution in [1.29, 1.82) is 0 Å². The van der Waals surface area contributed by atoms with Crippen molar-refractivity contribution in [1.82, 2.24) is 20.0 Å². The minimum atomic E-state index is -0.356. The highest BCUT2D eigenvalue weighted by molar-refractivity contribution is 5.81. The van der Waals surface area contributed by atoms with Crippen molar-refractivity contribution in [2.24, 2.45) is 11.0 Å². The second-order valence-corrected chi connectivity index (χ2v) is 6.85. The Morgan fingerprint density at radius 1 is 1.21 bits per heavy atom. The molecule has 2 aromatic heterocycles. The van der Waals surface area contributed by atoms with Crippen LogP contribution in [0.2, 0.25) is 0 Å². The van der Waals surface area contributed by atoms with Crippen LogP contribution in [0.25, 0.3) is 16.6 Å². The fraction of sp³-hybridized carbons (Fsp3) is 0.143. The number of nitrogens with zero attached hydrogens (tertiary/aromatic N) is 4. The number of pyridine rings is 1. The maximum Gasteiger partial charge on any atom is 0.263 e. The highest BCUT2D eigenvalue weighted by Crippen LogP contribution is 2.27. The summed E-state index contributed by atoms with van der Waals surface area (Å²) in [6.07, 6.45) is 10.9.